The summed E-state index contributed by atoms with van der Waals surface area (Å²) in [6.07, 6.45) is 7.76. The molecule has 1 heteroatoms. The van der Waals surface area contributed by atoms with Crippen molar-refractivity contribution in [3.8, 4) is 33.4 Å². The molecule has 0 amide bonds. The smallest absolute Gasteiger partial charge is 0.0424 e. The number of hydrogen-bond donors (Lipinski definition) is 1. The van der Waals surface area contributed by atoms with Crippen molar-refractivity contribution in [2.75, 3.05) is 5.32 Å². The number of fused-ring (bicyclic) bond motifs is 8. The van der Waals surface area contributed by atoms with Gasteiger partial charge in [0.2, 0.25) is 0 Å². The van der Waals surface area contributed by atoms with E-state index in [0.717, 1.165) is 11.6 Å². The fourth-order valence-electron chi connectivity index (χ4n) is 8.08. The number of nitrogens with one attached hydrogen (secondary N) is 1. The minimum absolute atomic E-state index is 0.0276. The maximum absolute atomic E-state index is 3.75. The van der Waals surface area contributed by atoms with Crippen LogP contribution < -0.4 is 5.32 Å². The van der Waals surface area contributed by atoms with Gasteiger partial charge in [0.15, 0.2) is 0 Å². The third-order valence-corrected chi connectivity index (χ3v) is 9.83. The van der Waals surface area contributed by atoms with E-state index in [1.807, 2.05) is 0 Å². The van der Waals surface area contributed by atoms with Crippen molar-refractivity contribution < 1.29 is 0 Å². The van der Waals surface area contributed by atoms with E-state index in [1.165, 1.54) is 75.9 Å². The van der Waals surface area contributed by atoms with Gasteiger partial charge in [-0.1, -0.05) is 116 Å². The number of rotatable bonds is 4. The van der Waals surface area contributed by atoms with Crippen LogP contribution in [0, 0.1) is 11.8 Å². The molecule has 1 saturated carbocycles. The fraction of sp³-hybridized carbons (Fsp3) is 0.200. The third-order valence-electron chi connectivity index (χ3n) is 9.83. The van der Waals surface area contributed by atoms with E-state index in [4.69, 9.17) is 0 Å². The van der Waals surface area contributed by atoms with Gasteiger partial charge in [-0.2, -0.15) is 0 Å². The maximum Gasteiger partial charge on any atom is 0.0424 e. The molecular weight excluding hydrogens is 494 g/mol. The second-order valence-electron chi connectivity index (χ2n) is 12.3. The monoisotopic (exact) mass is 529 g/mol. The van der Waals surface area contributed by atoms with E-state index in [0.29, 0.717) is 5.92 Å². The average molecular weight is 530 g/mol. The molecule has 0 radical (unpaired) electrons. The van der Waals surface area contributed by atoms with Crippen LogP contribution in [-0.4, -0.2) is 0 Å². The highest BCUT2D eigenvalue weighted by atomic mass is 14.9. The van der Waals surface area contributed by atoms with Crippen molar-refractivity contribution in [1.29, 1.82) is 0 Å². The lowest BCUT2D eigenvalue weighted by molar-refractivity contribution is 0.284. The Labute approximate surface area is 243 Å². The van der Waals surface area contributed by atoms with Crippen LogP contribution in [0.3, 0.4) is 0 Å². The molecule has 1 nitrogen and oxygen atoms in total. The Hall–Kier alpha value is -4.36. The highest BCUT2D eigenvalue weighted by molar-refractivity contribution is 5.86. The van der Waals surface area contributed by atoms with Crippen molar-refractivity contribution in [2.45, 2.75) is 38.0 Å². The van der Waals surface area contributed by atoms with Crippen LogP contribution >= 0.6 is 0 Å². The predicted octanol–water partition coefficient (Wildman–Crippen LogP) is 10.8. The summed E-state index contributed by atoms with van der Waals surface area (Å²) in [4.78, 5) is 0. The van der Waals surface area contributed by atoms with Crippen LogP contribution in [0.1, 0.15) is 43.7 Å². The summed E-state index contributed by atoms with van der Waals surface area (Å²) in [6, 6.07) is 44.5. The molecule has 1 N–H and O–H groups in total. The zero-order valence-corrected chi connectivity index (χ0v) is 23.6. The number of anilines is 2. The van der Waals surface area contributed by atoms with E-state index in [9.17, 15) is 0 Å². The van der Waals surface area contributed by atoms with E-state index < -0.39 is 0 Å². The predicted molar refractivity (Wildman–Crippen MR) is 172 cm³/mol. The summed E-state index contributed by atoms with van der Waals surface area (Å²) in [5.41, 5.74) is 14.8. The molecule has 8 rings (SSSR count). The van der Waals surface area contributed by atoms with Gasteiger partial charge in [-0.25, -0.2) is 0 Å². The van der Waals surface area contributed by atoms with E-state index in [2.05, 4.69) is 140 Å². The highest BCUT2D eigenvalue weighted by Crippen LogP contribution is 2.61. The molecule has 0 saturated heterocycles. The van der Waals surface area contributed by atoms with Crippen molar-refractivity contribution in [3.63, 3.8) is 0 Å². The minimum Gasteiger partial charge on any atom is -0.356 e. The normalized spacial score (nSPS) is 22.1. The Morgan fingerprint density at radius 2 is 1.24 bits per heavy atom. The lowest BCUT2D eigenvalue weighted by Gasteiger charge is -2.45. The van der Waals surface area contributed by atoms with Gasteiger partial charge in [0.25, 0.3) is 0 Å². The van der Waals surface area contributed by atoms with Crippen molar-refractivity contribution in [3.05, 3.63) is 144 Å². The van der Waals surface area contributed by atoms with Gasteiger partial charge >= 0.3 is 0 Å². The van der Waals surface area contributed by atoms with Crippen LogP contribution in [0.4, 0.5) is 11.4 Å². The van der Waals surface area contributed by atoms with Gasteiger partial charge < -0.3 is 5.32 Å². The van der Waals surface area contributed by atoms with Gasteiger partial charge in [-0.3, -0.25) is 0 Å². The molecule has 0 heterocycles. The van der Waals surface area contributed by atoms with Crippen molar-refractivity contribution >= 4 is 11.4 Å². The zero-order chi connectivity index (χ0) is 27.4. The minimum atomic E-state index is 0.0276. The molecule has 5 aromatic carbocycles. The Morgan fingerprint density at radius 3 is 2.02 bits per heavy atom. The van der Waals surface area contributed by atoms with Crippen LogP contribution in [0.5, 0.6) is 0 Å². The summed E-state index contributed by atoms with van der Waals surface area (Å²) in [6.45, 7) is 2.41. The molecule has 1 fully saturated rings. The molecule has 3 unspecified atom stereocenters. The first-order chi connectivity index (χ1) is 20.2. The van der Waals surface area contributed by atoms with Gasteiger partial charge in [-0.05, 0) is 106 Å². The van der Waals surface area contributed by atoms with Crippen molar-refractivity contribution in [1.82, 2.24) is 0 Å². The van der Waals surface area contributed by atoms with Gasteiger partial charge in [0.05, 0.1) is 0 Å². The molecule has 41 heavy (non-hydrogen) atoms. The van der Waals surface area contributed by atoms with Gasteiger partial charge in [0, 0.05) is 16.8 Å². The summed E-state index contributed by atoms with van der Waals surface area (Å²) in [5.74, 6) is 1.52. The summed E-state index contributed by atoms with van der Waals surface area (Å²) < 4.78 is 0. The van der Waals surface area contributed by atoms with Crippen molar-refractivity contribution in [2.24, 2.45) is 11.8 Å². The standard InChI is InChI=1S/C40H35N/c1-27-23-28-21-22-40(31(24-27)25-28)38-14-8-7-13-36(38)37-20-19-33(26-39(37)40)41-32-17-15-30(16-18-32)35-12-6-5-11-34(35)29-9-3-2-4-10-29/h2-20,24,26-28,41H,21-23,25H2,1H3. The van der Waals surface area contributed by atoms with E-state index in [-0.39, 0.29) is 5.41 Å². The first-order valence-corrected chi connectivity index (χ1v) is 15.2. The molecule has 0 aromatic heterocycles. The summed E-state index contributed by atoms with van der Waals surface area (Å²) >= 11 is 0. The molecule has 5 aromatic rings. The molecule has 200 valence electrons. The van der Waals surface area contributed by atoms with Crippen LogP contribution in [0.2, 0.25) is 0 Å². The first kappa shape index (κ1) is 24.4. The van der Waals surface area contributed by atoms with Gasteiger partial charge in [-0.15, -0.1) is 0 Å². The first-order valence-electron chi connectivity index (χ1n) is 15.2. The van der Waals surface area contributed by atoms with E-state index in [1.54, 1.807) is 5.57 Å². The second-order valence-corrected chi connectivity index (χ2v) is 12.3. The topological polar surface area (TPSA) is 12.0 Å². The lowest BCUT2D eigenvalue weighted by atomic mass is 9.58. The number of benzene rings is 5. The highest BCUT2D eigenvalue weighted by Gasteiger charge is 2.49. The molecule has 1 spiro atoms. The molecule has 2 bridgehead atoms. The van der Waals surface area contributed by atoms with E-state index >= 15 is 0 Å². The maximum atomic E-state index is 3.75. The number of allylic oxidation sites excluding steroid dienone is 2. The quantitative estimate of drug-likeness (QED) is 0.228. The zero-order valence-electron chi connectivity index (χ0n) is 23.6. The fourth-order valence-corrected chi connectivity index (χ4v) is 8.08. The van der Waals surface area contributed by atoms with Crippen LogP contribution in [-0.2, 0) is 5.41 Å². The Balaban J connectivity index is 1.14. The Morgan fingerprint density at radius 1 is 0.610 bits per heavy atom. The third kappa shape index (κ3) is 3.98. The molecule has 0 aliphatic heterocycles. The molecule has 3 atom stereocenters. The van der Waals surface area contributed by atoms with Crippen LogP contribution in [0.25, 0.3) is 33.4 Å². The molecule has 3 aliphatic rings. The van der Waals surface area contributed by atoms with Gasteiger partial charge in [0.1, 0.15) is 0 Å². The number of hydrogen-bond acceptors (Lipinski definition) is 1. The summed E-state index contributed by atoms with van der Waals surface area (Å²) in [5, 5.41) is 3.75. The lowest BCUT2D eigenvalue weighted by Crippen LogP contribution is -2.36. The summed E-state index contributed by atoms with van der Waals surface area (Å²) in [7, 11) is 0. The second kappa shape index (κ2) is 9.63. The average Bonchev–Trinajstić information content (AvgIpc) is 3.30. The Bertz CT molecular complexity index is 1780. The SMILES string of the molecule is CC1C=C2CC(CCC23c2ccccc2-c2ccc(Nc4ccc(-c5ccccc5-c5ccccc5)cc4)cc23)C1. The molecule has 3 aliphatic carbocycles. The largest absolute Gasteiger partial charge is 0.356 e. The molecular formula is C40H35N. The van der Waals surface area contributed by atoms with Crippen LogP contribution in [0.15, 0.2) is 133 Å². The Kier molecular flexibility index (Phi) is 5.74.